The van der Waals surface area contributed by atoms with Gasteiger partial charge in [0.05, 0.1) is 7.11 Å². The van der Waals surface area contributed by atoms with E-state index in [2.05, 4.69) is 9.97 Å². The van der Waals surface area contributed by atoms with Crippen molar-refractivity contribution in [2.45, 2.75) is 31.6 Å². The van der Waals surface area contributed by atoms with Crippen LogP contribution in [0.5, 0.6) is 6.01 Å². The minimum Gasteiger partial charge on any atom is -0.467 e. The van der Waals surface area contributed by atoms with E-state index < -0.39 is 0 Å². The molecule has 0 spiro atoms. The Labute approximate surface area is 88.7 Å². The van der Waals surface area contributed by atoms with Crippen LogP contribution in [0, 0.1) is 0 Å². The van der Waals surface area contributed by atoms with Crippen molar-refractivity contribution >= 4 is 5.78 Å². The molecule has 4 heteroatoms. The van der Waals surface area contributed by atoms with Crippen LogP contribution in [0.15, 0.2) is 12.4 Å². The summed E-state index contributed by atoms with van der Waals surface area (Å²) in [6, 6.07) is 0.349. The molecule has 1 saturated carbocycles. The predicted octanol–water partition coefficient (Wildman–Crippen LogP) is 1.71. The fourth-order valence-electron chi connectivity index (χ4n) is 1.95. The first-order chi connectivity index (χ1) is 7.31. The number of rotatable bonds is 2. The van der Waals surface area contributed by atoms with Gasteiger partial charge >= 0.3 is 6.01 Å². The van der Waals surface area contributed by atoms with Gasteiger partial charge in [-0.15, -0.1) is 0 Å². The number of hydrogen-bond donors (Lipinski definition) is 0. The Morgan fingerprint density at radius 3 is 2.67 bits per heavy atom. The zero-order valence-electron chi connectivity index (χ0n) is 8.77. The minimum absolute atomic E-state index is 0.00431. The Balaban J connectivity index is 2.17. The van der Waals surface area contributed by atoms with Gasteiger partial charge in [-0.25, -0.2) is 9.97 Å². The molecule has 1 aromatic heterocycles. The number of methoxy groups -OCH3 is 1. The highest BCUT2D eigenvalue weighted by atomic mass is 16.5. The second-order valence-corrected chi connectivity index (χ2v) is 3.77. The van der Waals surface area contributed by atoms with Crippen molar-refractivity contribution in [3.63, 3.8) is 0 Å². The summed E-state index contributed by atoms with van der Waals surface area (Å²) < 4.78 is 4.88. The van der Waals surface area contributed by atoms with E-state index in [1.165, 1.54) is 7.11 Å². The normalized spacial score (nSPS) is 21.4. The second-order valence-electron chi connectivity index (χ2n) is 3.77. The highest BCUT2D eigenvalue weighted by Crippen LogP contribution is 2.29. The largest absolute Gasteiger partial charge is 0.467 e. The zero-order valence-corrected chi connectivity index (χ0v) is 8.77. The van der Waals surface area contributed by atoms with Crippen molar-refractivity contribution in [3.05, 3.63) is 18.0 Å². The number of nitrogens with zero attached hydrogens (tertiary/aromatic N) is 2. The summed E-state index contributed by atoms with van der Waals surface area (Å²) in [5, 5.41) is 0. The predicted molar refractivity (Wildman–Crippen MR) is 54.8 cm³/mol. The summed E-state index contributed by atoms with van der Waals surface area (Å²) in [5.41, 5.74) is 0.917. The summed E-state index contributed by atoms with van der Waals surface area (Å²) in [7, 11) is 1.53. The quantitative estimate of drug-likeness (QED) is 0.739. The molecule has 1 fully saturated rings. The van der Waals surface area contributed by atoms with Crippen LogP contribution < -0.4 is 4.74 Å². The first-order valence-electron chi connectivity index (χ1n) is 5.20. The zero-order chi connectivity index (χ0) is 10.7. The van der Waals surface area contributed by atoms with Gasteiger partial charge < -0.3 is 4.74 Å². The van der Waals surface area contributed by atoms with Crippen LogP contribution in [0.3, 0.4) is 0 Å². The average molecular weight is 206 g/mol. The topological polar surface area (TPSA) is 52.1 Å². The van der Waals surface area contributed by atoms with Crippen LogP contribution in [0.25, 0.3) is 0 Å². The molecule has 0 amide bonds. The molecule has 1 unspecified atom stereocenters. The van der Waals surface area contributed by atoms with Crippen LogP contribution in [0.2, 0.25) is 0 Å². The maximum atomic E-state index is 11.7. The molecular weight excluding hydrogens is 192 g/mol. The maximum Gasteiger partial charge on any atom is 0.316 e. The van der Waals surface area contributed by atoms with Gasteiger partial charge in [0.25, 0.3) is 0 Å². The first-order valence-corrected chi connectivity index (χ1v) is 5.20. The highest BCUT2D eigenvalue weighted by molar-refractivity contribution is 5.86. The van der Waals surface area contributed by atoms with E-state index in [0.717, 1.165) is 24.8 Å². The Morgan fingerprint density at radius 2 is 2.07 bits per heavy atom. The molecule has 0 aliphatic heterocycles. The molecule has 1 aliphatic carbocycles. The van der Waals surface area contributed by atoms with Crippen LogP contribution >= 0.6 is 0 Å². The summed E-state index contributed by atoms with van der Waals surface area (Å²) in [4.78, 5) is 19.7. The van der Waals surface area contributed by atoms with Crippen molar-refractivity contribution in [1.82, 2.24) is 9.97 Å². The number of hydrogen-bond acceptors (Lipinski definition) is 4. The van der Waals surface area contributed by atoms with E-state index >= 15 is 0 Å². The number of Topliss-reactive ketones (excluding diaryl/α,β-unsaturated/α-hetero) is 1. The molecular formula is C11H14N2O2. The molecule has 1 aromatic rings. The van der Waals surface area contributed by atoms with Gasteiger partial charge in [0.1, 0.15) is 5.78 Å². The average Bonchev–Trinajstić information content (AvgIpc) is 2.30. The molecule has 0 radical (unpaired) electrons. The Morgan fingerprint density at radius 1 is 1.33 bits per heavy atom. The molecule has 1 aliphatic rings. The first kappa shape index (κ1) is 10.1. The van der Waals surface area contributed by atoms with Crippen molar-refractivity contribution in [2.24, 2.45) is 0 Å². The monoisotopic (exact) mass is 206 g/mol. The van der Waals surface area contributed by atoms with Gasteiger partial charge in [0.2, 0.25) is 0 Å². The highest BCUT2D eigenvalue weighted by Gasteiger charge is 2.24. The number of ether oxygens (including phenoxy) is 1. The van der Waals surface area contributed by atoms with Crippen LogP contribution in [-0.4, -0.2) is 22.9 Å². The Kier molecular flexibility index (Phi) is 2.94. The molecule has 1 heterocycles. The van der Waals surface area contributed by atoms with E-state index in [4.69, 9.17) is 4.74 Å². The van der Waals surface area contributed by atoms with E-state index in [0.29, 0.717) is 18.2 Å². The maximum absolute atomic E-state index is 11.7. The second kappa shape index (κ2) is 4.38. The van der Waals surface area contributed by atoms with Gasteiger partial charge in [0.15, 0.2) is 0 Å². The van der Waals surface area contributed by atoms with Gasteiger partial charge in [-0.1, -0.05) is 6.42 Å². The molecule has 0 saturated heterocycles. The third kappa shape index (κ3) is 2.14. The lowest BCUT2D eigenvalue weighted by atomic mass is 9.84. The molecule has 0 aromatic carbocycles. The van der Waals surface area contributed by atoms with Crippen LogP contribution in [0.1, 0.15) is 37.2 Å². The fraction of sp³-hybridized carbons (Fsp3) is 0.545. The summed E-state index contributed by atoms with van der Waals surface area (Å²) in [5.74, 6) is 0.319. The summed E-state index contributed by atoms with van der Waals surface area (Å²) in [6.45, 7) is 0. The third-order valence-corrected chi connectivity index (χ3v) is 2.79. The standard InChI is InChI=1S/C11H14N2O2/c1-15-11-12-6-8(7-13-11)9-4-2-3-5-10(9)14/h6-7,9H,2-5H2,1H3. The molecule has 0 bridgehead atoms. The van der Waals surface area contributed by atoms with Crippen molar-refractivity contribution in [3.8, 4) is 6.01 Å². The Hall–Kier alpha value is -1.45. The van der Waals surface area contributed by atoms with E-state index in [-0.39, 0.29) is 5.92 Å². The van der Waals surface area contributed by atoms with Gasteiger partial charge in [-0.05, 0) is 18.4 Å². The van der Waals surface area contributed by atoms with Crippen molar-refractivity contribution in [1.29, 1.82) is 0 Å². The summed E-state index contributed by atoms with van der Waals surface area (Å²) >= 11 is 0. The number of ketones is 1. The van der Waals surface area contributed by atoms with E-state index in [1.54, 1.807) is 12.4 Å². The molecule has 4 nitrogen and oxygen atoms in total. The van der Waals surface area contributed by atoms with E-state index in [9.17, 15) is 4.79 Å². The van der Waals surface area contributed by atoms with Crippen molar-refractivity contribution < 1.29 is 9.53 Å². The summed E-state index contributed by atoms with van der Waals surface area (Å²) in [6.07, 6.45) is 7.14. The molecule has 0 N–H and O–H groups in total. The van der Waals surface area contributed by atoms with Gasteiger partial charge in [0, 0.05) is 24.7 Å². The lowest BCUT2D eigenvalue weighted by molar-refractivity contribution is -0.121. The van der Waals surface area contributed by atoms with Crippen LogP contribution in [0.4, 0.5) is 0 Å². The molecule has 1 atom stereocenters. The SMILES string of the molecule is COc1ncc(C2CCCCC2=O)cn1. The van der Waals surface area contributed by atoms with Crippen molar-refractivity contribution in [2.75, 3.05) is 7.11 Å². The van der Waals surface area contributed by atoms with Gasteiger partial charge in [-0.3, -0.25) is 4.79 Å². The fourth-order valence-corrected chi connectivity index (χ4v) is 1.95. The number of carbonyl (C=O) groups is 1. The number of aromatic nitrogens is 2. The lowest BCUT2D eigenvalue weighted by Crippen LogP contribution is -2.17. The third-order valence-electron chi connectivity index (χ3n) is 2.79. The molecule has 2 rings (SSSR count). The van der Waals surface area contributed by atoms with E-state index in [1.807, 2.05) is 0 Å². The van der Waals surface area contributed by atoms with Crippen LogP contribution in [-0.2, 0) is 4.79 Å². The Bertz CT molecular complexity index is 348. The smallest absolute Gasteiger partial charge is 0.316 e. The van der Waals surface area contributed by atoms with Gasteiger partial charge in [-0.2, -0.15) is 0 Å². The lowest BCUT2D eigenvalue weighted by Gasteiger charge is -2.19. The molecule has 15 heavy (non-hydrogen) atoms. The molecule has 80 valence electrons. The minimum atomic E-state index is 0.00431. The number of carbonyl (C=O) groups excluding carboxylic acids is 1.